The fraction of sp³-hybridized carbons (Fsp3) is 0.538. The second-order valence-corrected chi connectivity index (χ2v) is 6.27. The predicted molar refractivity (Wildman–Crippen MR) is 71.8 cm³/mol. The van der Waals surface area contributed by atoms with Gasteiger partial charge in [0.2, 0.25) is 10.0 Å². The SMILES string of the molecule is CCCC(C)NS(=O)(=O)c1cccc(C(C)O)c1. The zero-order valence-electron chi connectivity index (χ0n) is 11.1. The van der Waals surface area contributed by atoms with Crippen molar-refractivity contribution in [2.75, 3.05) is 0 Å². The summed E-state index contributed by atoms with van der Waals surface area (Å²) in [5.74, 6) is 0. The molecule has 5 heteroatoms. The number of aliphatic hydroxyl groups excluding tert-OH is 1. The molecule has 0 saturated carbocycles. The van der Waals surface area contributed by atoms with E-state index < -0.39 is 16.1 Å². The van der Waals surface area contributed by atoms with Crippen LogP contribution < -0.4 is 4.72 Å². The molecule has 1 aromatic carbocycles. The number of rotatable bonds is 6. The van der Waals surface area contributed by atoms with Crippen LogP contribution in [-0.4, -0.2) is 19.6 Å². The van der Waals surface area contributed by atoms with E-state index in [0.717, 1.165) is 12.8 Å². The van der Waals surface area contributed by atoms with Crippen molar-refractivity contribution in [3.63, 3.8) is 0 Å². The molecule has 0 spiro atoms. The highest BCUT2D eigenvalue weighted by molar-refractivity contribution is 7.89. The summed E-state index contributed by atoms with van der Waals surface area (Å²) in [6, 6.07) is 6.30. The van der Waals surface area contributed by atoms with Gasteiger partial charge in [-0.3, -0.25) is 0 Å². The Hall–Kier alpha value is -0.910. The number of benzene rings is 1. The van der Waals surface area contributed by atoms with Gasteiger partial charge >= 0.3 is 0 Å². The quantitative estimate of drug-likeness (QED) is 0.833. The Kier molecular flexibility index (Phi) is 5.31. The monoisotopic (exact) mass is 271 g/mol. The number of hydrogen-bond acceptors (Lipinski definition) is 3. The summed E-state index contributed by atoms with van der Waals surface area (Å²) < 4.78 is 26.8. The minimum Gasteiger partial charge on any atom is -0.389 e. The third-order valence-corrected chi connectivity index (χ3v) is 4.32. The van der Waals surface area contributed by atoms with Gasteiger partial charge in [0.25, 0.3) is 0 Å². The van der Waals surface area contributed by atoms with Crippen LogP contribution in [0.2, 0.25) is 0 Å². The third-order valence-electron chi connectivity index (χ3n) is 2.73. The van der Waals surface area contributed by atoms with Crippen molar-refractivity contribution in [3.05, 3.63) is 29.8 Å². The minimum absolute atomic E-state index is 0.0878. The van der Waals surface area contributed by atoms with Crippen LogP contribution in [0.15, 0.2) is 29.2 Å². The lowest BCUT2D eigenvalue weighted by Gasteiger charge is -2.14. The summed E-state index contributed by atoms with van der Waals surface area (Å²) in [5, 5.41) is 9.46. The van der Waals surface area contributed by atoms with Crippen molar-refractivity contribution in [2.24, 2.45) is 0 Å². The van der Waals surface area contributed by atoms with Crippen LogP contribution in [0, 0.1) is 0 Å². The zero-order valence-corrected chi connectivity index (χ0v) is 11.9. The molecule has 0 aliphatic rings. The van der Waals surface area contributed by atoms with Crippen molar-refractivity contribution in [1.82, 2.24) is 4.72 Å². The molecule has 0 aromatic heterocycles. The van der Waals surface area contributed by atoms with Crippen LogP contribution in [0.25, 0.3) is 0 Å². The highest BCUT2D eigenvalue weighted by Crippen LogP contribution is 2.17. The summed E-state index contributed by atoms with van der Waals surface area (Å²) >= 11 is 0. The average molecular weight is 271 g/mol. The number of nitrogens with one attached hydrogen (secondary N) is 1. The molecule has 0 amide bonds. The number of sulfonamides is 1. The molecule has 2 atom stereocenters. The second kappa shape index (κ2) is 6.31. The van der Waals surface area contributed by atoms with E-state index in [2.05, 4.69) is 4.72 Å². The minimum atomic E-state index is -3.50. The Bertz CT molecular complexity index is 483. The van der Waals surface area contributed by atoms with Crippen LogP contribution in [0.1, 0.15) is 45.3 Å². The van der Waals surface area contributed by atoms with E-state index in [1.807, 2.05) is 13.8 Å². The van der Waals surface area contributed by atoms with Crippen LogP contribution in [0.3, 0.4) is 0 Å². The molecule has 4 nitrogen and oxygen atoms in total. The maximum atomic E-state index is 12.1. The molecule has 2 N–H and O–H groups in total. The molecule has 1 aromatic rings. The lowest BCUT2D eigenvalue weighted by atomic mass is 10.1. The molecule has 0 radical (unpaired) electrons. The van der Waals surface area contributed by atoms with Gasteiger partial charge in [-0.2, -0.15) is 0 Å². The van der Waals surface area contributed by atoms with E-state index in [1.165, 1.54) is 12.1 Å². The first-order valence-electron chi connectivity index (χ1n) is 6.17. The Morgan fingerprint density at radius 1 is 1.33 bits per heavy atom. The Balaban J connectivity index is 2.94. The molecular weight excluding hydrogens is 250 g/mol. The lowest BCUT2D eigenvalue weighted by molar-refractivity contribution is 0.199. The molecule has 1 rings (SSSR count). The maximum absolute atomic E-state index is 12.1. The van der Waals surface area contributed by atoms with E-state index >= 15 is 0 Å². The van der Waals surface area contributed by atoms with Crippen LogP contribution in [-0.2, 0) is 10.0 Å². The van der Waals surface area contributed by atoms with Crippen molar-refractivity contribution in [1.29, 1.82) is 0 Å². The number of hydrogen-bond donors (Lipinski definition) is 2. The van der Waals surface area contributed by atoms with Crippen LogP contribution >= 0.6 is 0 Å². The van der Waals surface area contributed by atoms with Crippen molar-refractivity contribution < 1.29 is 13.5 Å². The van der Waals surface area contributed by atoms with Crippen molar-refractivity contribution in [2.45, 2.75) is 50.7 Å². The van der Waals surface area contributed by atoms with E-state index in [9.17, 15) is 13.5 Å². The van der Waals surface area contributed by atoms with E-state index in [0.29, 0.717) is 5.56 Å². The summed E-state index contributed by atoms with van der Waals surface area (Å²) in [6.07, 6.45) is 1.06. The first-order valence-corrected chi connectivity index (χ1v) is 7.65. The fourth-order valence-corrected chi connectivity index (χ4v) is 3.10. The highest BCUT2D eigenvalue weighted by atomic mass is 32.2. The first kappa shape index (κ1) is 15.1. The largest absolute Gasteiger partial charge is 0.389 e. The normalized spacial score (nSPS) is 15.3. The Morgan fingerprint density at radius 3 is 2.56 bits per heavy atom. The second-order valence-electron chi connectivity index (χ2n) is 4.56. The summed E-state index contributed by atoms with van der Waals surface area (Å²) in [5.41, 5.74) is 0.598. The van der Waals surface area contributed by atoms with E-state index in [-0.39, 0.29) is 10.9 Å². The first-order chi connectivity index (χ1) is 8.36. The Morgan fingerprint density at radius 2 is 2.00 bits per heavy atom. The molecule has 0 bridgehead atoms. The van der Waals surface area contributed by atoms with Gasteiger partial charge < -0.3 is 5.11 Å². The average Bonchev–Trinajstić information content (AvgIpc) is 2.28. The third kappa shape index (κ3) is 4.08. The summed E-state index contributed by atoms with van der Waals surface area (Å²) in [6.45, 7) is 5.47. The van der Waals surface area contributed by atoms with Gasteiger partial charge in [-0.15, -0.1) is 0 Å². The fourth-order valence-electron chi connectivity index (χ4n) is 1.77. The number of aliphatic hydroxyl groups is 1. The molecule has 18 heavy (non-hydrogen) atoms. The van der Waals surface area contributed by atoms with E-state index in [1.54, 1.807) is 19.1 Å². The summed E-state index contributed by atoms with van der Waals surface area (Å²) in [7, 11) is -3.50. The maximum Gasteiger partial charge on any atom is 0.240 e. The van der Waals surface area contributed by atoms with Crippen LogP contribution in [0.4, 0.5) is 0 Å². The van der Waals surface area contributed by atoms with Gasteiger partial charge in [0.15, 0.2) is 0 Å². The van der Waals surface area contributed by atoms with Crippen LogP contribution in [0.5, 0.6) is 0 Å². The summed E-state index contributed by atoms with van der Waals surface area (Å²) in [4.78, 5) is 0.198. The van der Waals surface area contributed by atoms with Gasteiger partial charge in [0.05, 0.1) is 11.0 Å². The molecular formula is C13H21NO3S. The Labute approximate surface area is 109 Å². The van der Waals surface area contributed by atoms with Gasteiger partial charge in [-0.25, -0.2) is 13.1 Å². The molecule has 0 saturated heterocycles. The van der Waals surface area contributed by atoms with Gasteiger partial charge in [0, 0.05) is 6.04 Å². The predicted octanol–water partition coefficient (Wildman–Crippen LogP) is 2.21. The van der Waals surface area contributed by atoms with Crippen molar-refractivity contribution in [3.8, 4) is 0 Å². The molecule has 0 aliphatic heterocycles. The molecule has 0 heterocycles. The molecule has 2 unspecified atom stereocenters. The smallest absolute Gasteiger partial charge is 0.240 e. The van der Waals surface area contributed by atoms with Crippen molar-refractivity contribution >= 4 is 10.0 Å². The van der Waals surface area contributed by atoms with Gasteiger partial charge in [-0.1, -0.05) is 25.5 Å². The molecule has 0 aliphatic carbocycles. The van der Waals surface area contributed by atoms with Gasteiger partial charge in [0.1, 0.15) is 0 Å². The van der Waals surface area contributed by atoms with Gasteiger partial charge in [-0.05, 0) is 38.0 Å². The molecule has 0 fully saturated rings. The highest BCUT2D eigenvalue weighted by Gasteiger charge is 2.17. The topological polar surface area (TPSA) is 66.4 Å². The zero-order chi connectivity index (χ0) is 13.8. The molecule has 102 valence electrons. The standard InChI is InChI=1S/C13H21NO3S/c1-4-6-10(2)14-18(16,17)13-8-5-7-12(9-13)11(3)15/h5,7-11,14-15H,4,6H2,1-3H3. The lowest BCUT2D eigenvalue weighted by Crippen LogP contribution is -2.32. The van der Waals surface area contributed by atoms with E-state index in [4.69, 9.17) is 0 Å².